The molecule has 10 heavy (non-hydrogen) atoms. The van der Waals surface area contributed by atoms with E-state index in [-0.39, 0.29) is 11.9 Å². The molecule has 3 nitrogen and oxygen atoms in total. The third kappa shape index (κ3) is 3.45. The Hall–Kier alpha value is -0.570. The van der Waals surface area contributed by atoms with Gasteiger partial charge in [-0.25, -0.2) is 0 Å². The molecule has 0 rings (SSSR count). The van der Waals surface area contributed by atoms with E-state index in [0.717, 1.165) is 12.8 Å². The molecule has 0 spiro atoms. The van der Waals surface area contributed by atoms with Crippen LogP contribution in [-0.2, 0) is 9.53 Å². The van der Waals surface area contributed by atoms with Crippen molar-refractivity contribution in [3.8, 4) is 0 Å². The third-order valence-corrected chi connectivity index (χ3v) is 1.33. The van der Waals surface area contributed by atoms with Crippen molar-refractivity contribution in [3.05, 3.63) is 0 Å². The number of esters is 1. The first-order valence-electron chi connectivity index (χ1n) is 3.49. The van der Waals surface area contributed by atoms with Crippen molar-refractivity contribution >= 4 is 5.97 Å². The van der Waals surface area contributed by atoms with E-state index in [2.05, 4.69) is 4.74 Å². The summed E-state index contributed by atoms with van der Waals surface area (Å²) in [6, 6.07) is 0. The average molecular weight is 146 g/mol. The SMILES string of the molecule is CCCC(C)C(=O)OCO. The summed E-state index contributed by atoms with van der Waals surface area (Å²) in [7, 11) is 0. The zero-order chi connectivity index (χ0) is 7.98. The normalized spacial score (nSPS) is 12.7. The highest BCUT2D eigenvalue weighted by atomic mass is 16.6. The fraction of sp³-hybridized carbons (Fsp3) is 0.857. The van der Waals surface area contributed by atoms with Gasteiger partial charge in [-0.3, -0.25) is 4.79 Å². The number of carbonyl (C=O) groups excluding carboxylic acids is 1. The molecule has 60 valence electrons. The highest BCUT2D eigenvalue weighted by Crippen LogP contribution is 2.06. The predicted octanol–water partition coefficient (Wildman–Crippen LogP) is 0.916. The molecule has 1 unspecified atom stereocenters. The molecule has 1 atom stereocenters. The van der Waals surface area contributed by atoms with E-state index in [1.807, 2.05) is 6.92 Å². The van der Waals surface area contributed by atoms with E-state index in [4.69, 9.17) is 5.11 Å². The van der Waals surface area contributed by atoms with Gasteiger partial charge in [0, 0.05) is 0 Å². The minimum Gasteiger partial charge on any atom is -0.438 e. The minimum atomic E-state index is -0.507. The molecule has 0 aromatic carbocycles. The van der Waals surface area contributed by atoms with Gasteiger partial charge in [0.05, 0.1) is 5.92 Å². The second kappa shape index (κ2) is 5.23. The van der Waals surface area contributed by atoms with Gasteiger partial charge in [0.15, 0.2) is 6.79 Å². The molecule has 0 aliphatic carbocycles. The highest BCUT2D eigenvalue weighted by Gasteiger charge is 2.11. The van der Waals surface area contributed by atoms with Crippen LogP contribution in [0, 0.1) is 5.92 Å². The number of hydrogen-bond acceptors (Lipinski definition) is 3. The van der Waals surface area contributed by atoms with E-state index in [9.17, 15) is 4.79 Å². The van der Waals surface area contributed by atoms with E-state index in [1.165, 1.54) is 0 Å². The van der Waals surface area contributed by atoms with Gasteiger partial charge in [0.2, 0.25) is 0 Å². The van der Waals surface area contributed by atoms with Crippen LogP contribution in [0.15, 0.2) is 0 Å². The van der Waals surface area contributed by atoms with Gasteiger partial charge in [-0.05, 0) is 6.42 Å². The van der Waals surface area contributed by atoms with Crippen molar-refractivity contribution in [3.63, 3.8) is 0 Å². The second-order valence-corrected chi connectivity index (χ2v) is 2.28. The van der Waals surface area contributed by atoms with Crippen molar-refractivity contribution < 1.29 is 14.6 Å². The van der Waals surface area contributed by atoms with Crippen LogP contribution in [0.1, 0.15) is 26.7 Å². The first-order valence-corrected chi connectivity index (χ1v) is 3.49. The fourth-order valence-corrected chi connectivity index (χ4v) is 0.757. The van der Waals surface area contributed by atoms with Gasteiger partial charge < -0.3 is 9.84 Å². The quantitative estimate of drug-likeness (QED) is 0.473. The molecule has 0 saturated carbocycles. The molecule has 3 heteroatoms. The summed E-state index contributed by atoms with van der Waals surface area (Å²) in [5, 5.41) is 8.21. The molecule has 0 amide bonds. The van der Waals surface area contributed by atoms with Gasteiger partial charge in [-0.1, -0.05) is 20.3 Å². The van der Waals surface area contributed by atoms with Crippen LogP contribution in [0.3, 0.4) is 0 Å². The summed E-state index contributed by atoms with van der Waals surface area (Å²) in [6.07, 6.45) is 1.78. The predicted molar refractivity (Wildman–Crippen MR) is 37.2 cm³/mol. The maximum atomic E-state index is 10.8. The minimum absolute atomic E-state index is 0.0860. The van der Waals surface area contributed by atoms with Gasteiger partial charge in [0.1, 0.15) is 0 Å². The topological polar surface area (TPSA) is 46.5 Å². The Balaban J connectivity index is 3.49. The van der Waals surface area contributed by atoms with Crippen molar-refractivity contribution in [2.75, 3.05) is 6.79 Å². The third-order valence-electron chi connectivity index (χ3n) is 1.33. The van der Waals surface area contributed by atoms with Crippen LogP contribution in [0.25, 0.3) is 0 Å². The maximum Gasteiger partial charge on any atom is 0.310 e. The van der Waals surface area contributed by atoms with Crippen molar-refractivity contribution in [2.45, 2.75) is 26.7 Å². The standard InChI is InChI=1S/C7H14O3/c1-3-4-6(2)7(9)10-5-8/h6,8H,3-5H2,1-2H3. The Morgan fingerprint density at radius 3 is 2.70 bits per heavy atom. The summed E-state index contributed by atoms with van der Waals surface area (Å²) >= 11 is 0. The Bertz CT molecular complexity index is 101. The molecule has 0 saturated heterocycles. The maximum absolute atomic E-state index is 10.8. The van der Waals surface area contributed by atoms with Gasteiger partial charge in [0.25, 0.3) is 0 Å². The Labute approximate surface area is 61.0 Å². The van der Waals surface area contributed by atoms with Crippen molar-refractivity contribution in [1.82, 2.24) is 0 Å². The number of rotatable bonds is 4. The summed E-state index contributed by atoms with van der Waals surface area (Å²) in [4.78, 5) is 10.8. The van der Waals surface area contributed by atoms with Crippen LogP contribution in [0.4, 0.5) is 0 Å². The molecular formula is C7H14O3. The number of aliphatic hydroxyl groups is 1. The van der Waals surface area contributed by atoms with Crippen LogP contribution < -0.4 is 0 Å². The Kier molecular flexibility index (Phi) is 4.94. The van der Waals surface area contributed by atoms with E-state index in [1.54, 1.807) is 6.92 Å². The second-order valence-electron chi connectivity index (χ2n) is 2.28. The van der Waals surface area contributed by atoms with Crippen molar-refractivity contribution in [2.24, 2.45) is 5.92 Å². The first kappa shape index (κ1) is 9.43. The molecule has 0 aliphatic heterocycles. The molecule has 0 radical (unpaired) electrons. The number of aliphatic hydroxyl groups excluding tert-OH is 1. The zero-order valence-corrected chi connectivity index (χ0v) is 6.46. The van der Waals surface area contributed by atoms with Gasteiger partial charge in [-0.15, -0.1) is 0 Å². The molecule has 0 heterocycles. The van der Waals surface area contributed by atoms with E-state index < -0.39 is 6.79 Å². The van der Waals surface area contributed by atoms with Crippen LogP contribution in [0.2, 0.25) is 0 Å². The molecule has 1 N–H and O–H groups in total. The van der Waals surface area contributed by atoms with Crippen molar-refractivity contribution in [1.29, 1.82) is 0 Å². The number of hydrogen-bond donors (Lipinski definition) is 1. The lowest BCUT2D eigenvalue weighted by Gasteiger charge is -2.06. The monoisotopic (exact) mass is 146 g/mol. The zero-order valence-electron chi connectivity index (χ0n) is 6.46. The smallest absolute Gasteiger partial charge is 0.310 e. The van der Waals surface area contributed by atoms with Crippen LogP contribution >= 0.6 is 0 Å². The first-order chi connectivity index (χ1) is 4.72. The average Bonchev–Trinajstić information content (AvgIpc) is 1.89. The molecule has 0 aliphatic rings. The van der Waals surface area contributed by atoms with Gasteiger partial charge >= 0.3 is 5.97 Å². The fourth-order valence-electron chi connectivity index (χ4n) is 0.757. The van der Waals surface area contributed by atoms with Gasteiger partial charge in [-0.2, -0.15) is 0 Å². The Morgan fingerprint density at radius 1 is 1.70 bits per heavy atom. The molecule has 0 bridgehead atoms. The van der Waals surface area contributed by atoms with Crippen LogP contribution in [0.5, 0.6) is 0 Å². The van der Waals surface area contributed by atoms with E-state index >= 15 is 0 Å². The summed E-state index contributed by atoms with van der Waals surface area (Å²) in [5.74, 6) is -0.401. The van der Waals surface area contributed by atoms with Crippen LogP contribution in [-0.4, -0.2) is 17.9 Å². The summed E-state index contributed by atoms with van der Waals surface area (Å²) in [6.45, 7) is 3.29. The lowest BCUT2D eigenvalue weighted by atomic mass is 10.1. The lowest BCUT2D eigenvalue weighted by molar-refractivity contribution is -0.156. The molecule has 0 aromatic heterocycles. The number of carbonyl (C=O) groups is 1. The largest absolute Gasteiger partial charge is 0.438 e. The summed E-state index contributed by atoms with van der Waals surface area (Å²) < 4.78 is 4.37. The number of ether oxygens (including phenoxy) is 1. The summed E-state index contributed by atoms with van der Waals surface area (Å²) in [5.41, 5.74) is 0. The lowest BCUT2D eigenvalue weighted by Crippen LogP contribution is -2.14. The van der Waals surface area contributed by atoms with E-state index in [0.29, 0.717) is 0 Å². The Morgan fingerprint density at radius 2 is 2.30 bits per heavy atom. The molecule has 0 aromatic rings. The molecular weight excluding hydrogens is 132 g/mol. The highest BCUT2D eigenvalue weighted by molar-refractivity contribution is 5.71. The molecule has 0 fully saturated rings.